The highest BCUT2D eigenvalue weighted by atomic mass is 31.2. The van der Waals surface area contributed by atoms with Crippen LogP contribution in [0.4, 0.5) is 0 Å². The predicted molar refractivity (Wildman–Crippen MR) is 23.4 cm³/mol. The van der Waals surface area contributed by atoms with E-state index in [4.69, 9.17) is 15.0 Å². The van der Waals surface area contributed by atoms with Gasteiger partial charge in [-0.2, -0.15) is 0 Å². The van der Waals surface area contributed by atoms with Gasteiger partial charge in [-0.1, -0.05) is 0 Å². The summed E-state index contributed by atoms with van der Waals surface area (Å²) in [4.78, 5) is 15.7. The van der Waals surface area contributed by atoms with Gasteiger partial charge in [-0.3, -0.25) is 4.57 Å². The van der Waals surface area contributed by atoms with Crippen LogP contribution in [0, 0.1) is 11.2 Å². The Kier molecular flexibility index (Phi) is 2.04. The Morgan fingerprint density at radius 2 is 2.14 bits per heavy atom. The van der Waals surface area contributed by atoms with E-state index in [9.17, 15) is 4.57 Å². The first-order valence-electron chi connectivity index (χ1n) is 1.35. The molecule has 7 heavy (non-hydrogen) atoms. The van der Waals surface area contributed by atoms with Crippen LogP contribution in [-0.2, 0) is 4.57 Å². The molecule has 0 saturated heterocycles. The summed E-state index contributed by atoms with van der Waals surface area (Å²) in [5.41, 5.74) is 0. The molecule has 1 radical (unpaired) electrons. The van der Waals surface area contributed by atoms with Gasteiger partial charge in [0.2, 0.25) is 0 Å². The fraction of sp³-hybridized carbons (Fsp3) is 0. The smallest absolute Gasteiger partial charge is 0.332 e. The summed E-state index contributed by atoms with van der Waals surface area (Å²) >= 11 is 0. The van der Waals surface area contributed by atoms with Crippen LogP contribution in [-0.4, -0.2) is 16.8 Å². The van der Waals surface area contributed by atoms with Crippen LogP contribution in [0.25, 0.3) is 0 Å². The standard InChI is InChI=1S/CH2BNO3P/c3-1-2-7(4,5)6/h(H2,4,5,6). The van der Waals surface area contributed by atoms with Gasteiger partial charge in [0.15, 0.2) is 0 Å². The monoisotopic (exact) mass is 118 g/mol. The average Bonchev–Trinajstić information content (AvgIpc) is 1.30. The fourth-order valence-corrected chi connectivity index (χ4v) is 0.226. The normalized spacial score (nSPS) is 9.86. The third-order valence-electron chi connectivity index (χ3n) is 0.226. The molecule has 0 heterocycles. The molecular formula is CH2BNO3P. The summed E-state index contributed by atoms with van der Waals surface area (Å²) in [6, 6.07) is 0. The van der Waals surface area contributed by atoms with E-state index in [1.165, 1.54) is 5.97 Å². The Morgan fingerprint density at radius 1 is 1.71 bits per heavy atom. The second kappa shape index (κ2) is 2.13. The molecule has 0 aromatic heterocycles. The maximum atomic E-state index is 9.65. The van der Waals surface area contributed by atoms with Gasteiger partial charge in [-0.25, -0.2) is 5.26 Å². The molecule has 0 aliphatic heterocycles. The molecule has 0 aromatic rings. The van der Waals surface area contributed by atoms with E-state index in [1.807, 2.05) is 0 Å². The largest absolute Gasteiger partial charge is 0.407 e. The van der Waals surface area contributed by atoms with Crippen molar-refractivity contribution in [3.8, 4) is 5.97 Å². The van der Waals surface area contributed by atoms with Crippen molar-refractivity contribution < 1.29 is 14.4 Å². The lowest BCUT2D eigenvalue weighted by atomic mass is 10.2. The fourth-order valence-electron chi connectivity index (χ4n) is 0.0752. The number of hydrogen-bond acceptors (Lipinski definition) is 2. The molecule has 0 rings (SSSR count). The van der Waals surface area contributed by atoms with Crippen molar-refractivity contribution in [1.82, 2.24) is 0 Å². The zero-order valence-corrected chi connectivity index (χ0v) is 4.17. The van der Waals surface area contributed by atoms with Gasteiger partial charge >= 0.3 is 7.00 Å². The predicted octanol–water partition coefficient (Wildman–Crippen LogP) is -0.736. The van der Waals surface area contributed by atoms with E-state index in [1.54, 1.807) is 0 Å². The van der Waals surface area contributed by atoms with E-state index in [2.05, 4.69) is 0 Å². The molecule has 0 aliphatic carbocycles. The Morgan fingerprint density at radius 3 is 2.14 bits per heavy atom. The summed E-state index contributed by atoms with van der Waals surface area (Å²) in [6.45, 7) is 0.285. The average molecular weight is 118 g/mol. The molecule has 0 saturated carbocycles. The molecule has 4 nitrogen and oxygen atoms in total. The third kappa shape index (κ3) is 5.70. The van der Waals surface area contributed by atoms with E-state index in [0.29, 0.717) is 0 Å². The first kappa shape index (κ1) is 6.70. The Balaban J connectivity index is 3.65. The van der Waals surface area contributed by atoms with Crippen molar-refractivity contribution in [1.29, 1.82) is 5.26 Å². The second-order valence-electron chi connectivity index (χ2n) is 0.847. The maximum absolute atomic E-state index is 9.65. The van der Waals surface area contributed by atoms with Crippen molar-refractivity contribution in [2.75, 3.05) is 0 Å². The Labute approximate surface area is 41.1 Å². The molecule has 0 spiro atoms. The molecule has 37 valence electrons. The van der Waals surface area contributed by atoms with Gasteiger partial charge in [-0.15, -0.1) is 0 Å². The van der Waals surface area contributed by atoms with Crippen LogP contribution in [0.5, 0.6) is 0 Å². The van der Waals surface area contributed by atoms with Crippen molar-refractivity contribution in [3.05, 3.63) is 0 Å². The molecule has 0 bridgehead atoms. The van der Waals surface area contributed by atoms with Crippen LogP contribution >= 0.6 is 7.47 Å². The Hall–Kier alpha value is -0.295. The Bertz CT molecular complexity index is 132. The van der Waals surface area contributed by atoms with E-state index in [0.717, 1.165) is 0 Å². The number of rotatable bonds is 1. The van der Waals surface area contributed by atoms with Crippen LogP contribution in [0.1, 0.15) is 0 Å². The summed E-state index contributed by atoms with van der Waals surface area (Å²) in [7, 11) is -4.15. The van der Waals surface area contributed by atoms with Gasteiger partial charge in [0, 0.05) is 5.97 Å². The lowest BCUT2D eigenvalue weighted by molar-refractivity contribution is 0.394. The van der Waals surface area contributed by atoms with E-state index < -0.39 is 7.47 Å². The molecule has 0 amide bonds. The van der Waals surface area contributed by atoms with Crippen molar-refractivity contribution >= 4 is 14.5 Å². The van der Waals surface area contributed by atoms with Crippen LogP contribution < -0.4 is 0 Å². The quantitative estimate of drug-likeness (QED) is 0.351. The van der Waals surface area contributed by atoms with Gasteiger partial charge < -0.3 is 9.79 Å². The summed E-state index contributed by atoms with van der Waals surface area (Å²) < 4.78 is 9.65. The van der Waals surface area contributed by atoms with Crippen LogP contribution in [0.15, 0.2) is 0 Å². The molecule has 0 atom stereocenters. The van der Waals surface area contributed by atoms with Crippen molar-refractivity contribution in [2.24, 2.45) is 0 Å². The summed E-state index contributed by atoms with van der Waals surface area (Å²) in [5, 5.41) is 7.60. The first-order valence-corrected chi connectivity index (χ1v) is 3.03. The highest BCUT2D eigenvalue weighted by Crippen LogP contribution is 2.30. The highest BCUT2D eigenvalue weighted by Gasteiger charge is 2.13. The highest BCUT2D eigenvalue weighted by molar-refractivity contribution is 7.83. The molecule has 0 aliphatic rings. The third-order valence-corrected chi connectivity index (χ3v) is 0.678. The molecule has 0 unspecified atom stereocenters. The van der Waals surface area contributed by atoms with Crippen molar-refractivity contribution in [3.63, 3.8) is 0 Å². The molecule has 6 heteroatoms. The minimum atomic E-state index is -4.15. The lowest BCUT2D eigenvalue weighted by Crippen LogP contribution is -1.85. The first-order chi connectivity index (χ1) is 3.06. The lowest BCUT2D eigenvalue weighted by Gasteiger charge is -1.89. The van der Waals surface area contributed by atoms with Crippen LogP contribution in [0.3, 0.4) is 0 Å². The van der Waals surface area contributed by atoms with Gasteiger partial charge in [0.05, 0.1) is 0 Å². The number of nitrogens with zero attached hydrogens (tertiary/aromatic N) is 1. The van der Waals surface area contributed by atoms with Crippen LogP contribution in [0.2, 0.25) is 0 Å². The molecule has 2 N–H and O–H groups in total. The summed E-state index contributed by atoms with van der Waals surface area (Å²) in [5.74, 6) is 1.22. The maximum Gasteiger partial charge on any atom is 0.407 e. The van der Waals surface area contributed by atoms with Gasteiger partial charge in [0.25, 0.3) is 7.47 Å². The molecule has 0 fully saturated rings. The minimum absolute atomic E-state index is 0.285. The summed E-state index contributed by atoms with van der Waals surface area (Å²) in [6.07, 6.45) is 0. The van der Waals surface area contributed by atoms with Gasteiger partial charge in [-0.05, 0) is 0 Å². The molecule has 0 aromatic carbocycles. The zero-order valence-electron chi connectivity index (χ0n) is 3.27. The minimum Gasteiger partial charge on any atom is -0.332 e. The topological polar surface area (TPSA) is 81.3 Å². The van der Waals surface area contributed by atoms with Gasteiger partial charge in [0.1, 0.15) is 0 Å². The second-order valence-corrected chi connectivity index (χ2v) is 2.28. The van der Waals surface area contributed by atoms with E-state index in [-0.39, 0.29) is 7.00 Å². The molecular weight excluding hydrogens is 116 g/mol. The zero-order chi connectivity index (χ0) is 5.91. The van der Waals surface area contributed by atoms with E-state index >= 15 is 0 Å². The number of nitriles is 1. The number of hydrogen-bond donors (Lipinski definition) is 2. The van der Waals surface area contributed by atoms with Crippen molar-refractivity contribution in [2.45, 2.75) is 0 Å². The SMILES string of the molecule is N#C[B]P(=O)(O)O.